The minimum absolute atomic E-state index is 0.0893. The maximum Gasteiger partial charge on any atom is 0.387 e. The first-order chi connectivity index (χ1) is 12.5. The lowest BCUT2D eigenvalue weighted by atomic mass is 10.1. The number of alkyl halides is 2. The zero-order chi connectivity index (χ0) is 18.5. The lowest BCUT2D eigenvalue weighted by Crippen LogP contribution is -2.24. The quantitative estimate of drug-likeness (QED) is 0.678. The zero-order valence-electron chi connectivity index (χ0n) is 14.3. The summed E-state index contributed by atoms with van der Waals surface area (Å²) >= 11 is 0. The minimum Gasteiger partial charge on any atom is -0.464 e. The fourth-order valence-electron chi connectivity index (χ4n) is 2.71. The van der Waals surface area contributed by atoms with Gasteiger partial charge in [0.1, 0.15) is 11.3 Å². The van der Waals surface area contributed by atoms with E-state index in [0.717, 1.165) is 28.5 Å². The highest BCUT2D eigenvalue weighted by Gasteiger charge is 2.11. The summed E-state index contributed by atoms with van der Waals surface area (Å²) in [7, 11) is 0. The molecule has 0 fully saturated rings. The van der Waals surface area contributed by atoms with Crippen LogP contribution < -0.4 is 10.1 Å². The predicted octanol–water partition coefficient (Wildman–Crippen LogP) is 4.46. The van der Waals surface area contributed by atoms with Gasteiger partial charge in [0.25, 0.3) is 0 Å². The highest BCUT2D eigenvalue weighted by molar-refractivity contribution is 5.87. The Morgan fingerprint density at radius 2 is 1.88 bits per heavy atom. The van der Waals surface area contributed by atoms with Gasteiger partial charge < -0.3 is 14.5 Å². The van der Waals surface area contributed by atoms with Crippen LogP contribution in [0.1, 0.15) is 23.6 Å². The number of rotatable bonds is 7. The van der Waals surface area contributed by atoms with Crippen molar-refractivity contribution >= 4 is 16.9 Å². The van der Waals surface area contributed by atoms with Crippen molar-refractivity contribution in [2.45, 2.75) is 32.9 Å². The summed E-state index contributed by atoms with van der Waals surface area (Å²) in [6.07, 6.45) is 2.75. The third-order valence-corrected chi connectivity index (χ3v) is 4.12. The van der Waals surface area contributed by atoms with Gasteiger partial charge in [0.2, 0.25) is 5.91 Å². The molecule has 0 radical (unpaired) electrons. The third-order valence-electron chi connectivity index (χ3n) is 4.12. The first kappa shape index (κ1) is 17.9. The average molecular weight is 359 g/mol. The molecule has 1 amide bonds. The Morgan fingerprint density at radius 3 is 2.58 bits per heavy atom. The molecule has 0 aliphatic rings. The van der Waals surface area contributed by atoms with Crippen molar-refractivity contribution in [3.8, 4) is 5.75 Å². The first-order valence-electron chi connectivity index (χ1n) is 8.34. The number of carbonyl (C=O) groups is 1. The fourth-order valence-corrected chi connectivity index (χ4v) is 2.71. The number of furan rings is 1. The van der Waals surface area contributed by atoms with Crippen molar-refractivity contribution in [2.24, 2.45) is 0 Å². The van der Waals surface area contributed by atoms with Crippen molar-refractivity contribution in [2.75, 3.05) is 0 Å². The van der Waals surface area contributed by atoms with Crippen molar-refractivity contribution in [1.29, 1.82) is 0 Å². The van der Waals surface area contributed by atoms with Gasteiger partial charge >= 0.3 is 6.61 Å². The van der Waals surface area contributed by atoms with Crippen LogP contribution in [0.25, 0.3) is 11.0 Å². The lowest BCUT2D eigenvalue weighted by molar-refractivity contribution is -0.120. The molecule has 0 spiro atoms. The molecule has 0 bridgehead atoms. The van der Waals surface area contributed by atoms with E-state index in [1.165, 1.54) is 17.7 Å². The molecule has 136 valence electrons. The number of aryl methyl sites for hydroxylation is 1. The lowest BCUT2D eigenvalue weighted by Gasteiger charge is -2.07. The number of hydrogen-bond donors (Lipinski definition) is 1. The summed E-state index contributed by atoms with van der Waals surface area (Å²) in [5.41, 5.74) is 3.59. The second kappa shape index (κ2) is 7.99. The molecule has 1 aromatic heterocycles. The number of fused-ring (bicyclic) bond motifs is 1. The molecule has 3 aromatic rings. The van der Waals surface area contributed by atoms with Crippen molar-refractivity contribution in [1.82, 2.24) is 5.32 Å². The van der Waals surface area contributed by atoms with Crippen LogP contribution >= 0.6 is 0 Å². The van der Waals surface area contributed by atoms with E-state index in [9.17, 15) is 13.6 Å². The van der Waals surface area contributed by atoms with Gasteiger partial charge in [-0.3, -0.25) is 4.79 Å². The van der Waals surface area contributed by atoms with Gasteiger partial charge in [0, 0.05) is 17.5 Å². The third kappa shape index (κ3) is 4.39. The molecular formula is C20H19F2NO3. The van der Waals surface area contributed by atoms with E-state index in [2.05, 4.69) is 17.0 Å². The van der Waals surface area contributed by atoms with E-state index >= 15 is 0 Å². The Bertz CT molecular complexity index is 888. The first-order valence-corrected chi connectivity index (χ1v) is 8.34. The van der Waals surface area contributed by atoms with Gasteiger partial charge in [-0.05, 0) is 35.7 Å². The molecule has 0 aliphatic carbocycles. The smallest absolute Gasteiger partial charge is 0.387 e. The predicted molar refractivity (Wildman–Crippen MR) is 94.2 cm³/mol. The van der Waals surface area contributed by atoms with Crippen LogP contribution in [-0.2, 0) is 24.2 Å². The number of halogens is 2. The summed E-state index contributed by atoms with van der Waals surface area (Å²) in [6.45, 7) is -0.465. The van der Waals surface area contributed by atoms with E-state index in [1.807, 2.05) is 18.2 Å². The normalized spacial score (nSPS) is 11.1. The Kier molecular flexibility index (Phi) is 5.51. The van der Waals surface area contributed by atoms with Crippen LogP contribution in [0.5, 0.6) is 5.75 Å². The summed E-state index contributed by atoms with van der Waals surface area (Å²) in [5, 5.41) is 3.75. The summed E-state index contributed by atoms with van der Waals surface area (Å²) in [6, 6.07) is 12.2. The molecule has 3 rings (SSSR count). The standard InChI is InChI=1S/C20H19F2NO3/c1-2-13-5-8-17-15(12-25-18(17)9-13)10-19(24)23-11-14-3-6-16(7-4-14)26-20(21)22/h3-9,12,20H,2,10-11H2,1H3,(H,23,24). The molecule has 0 aliphatic heterocycles. The minimum atomic E-state index is -2.85. The van der Waals surface area contributed by atoms with E-state index in [4.69, 9.17) is 4.42 Å². The fraction of sp³-hybridized carbons (Fsp3) is 0.250. The molecule has 4 nitrogen and oxygen atoms in total. The Balaban J connectivity index is 1.57. The molecule has 2 aromatic carbocycles. The van der Waals surface area contributed by atoms with Crippen LogP contribution in [0.4, 0.5) is 8.78 Å². The van der Waals surface area contributed by atoms with Crippen molar-refractivity contribution in [3.63, 3.8) is 0 Å². The number of nitrogens with one attached hydrogen (secondary N) is 1. The Morgan fingerprint density at radius 1 is 1.15 bits per heavy atom. The second-order valence-electron chi connectivity index (χ2n) is 5.92. The van der Waals surface area contributed by atoms with Gasteiger partial charge in [-0.25, -0.2) is 0 Å². The number of hydrogen-bond acceptors (Lipinski definition) is 3. The Hall–Kier alpha value is -2.89. The topological polar surface area (TPSA) is 51.5 Å². The van der Waals surface area contributed by atoms with E-state index < -0.39 is 6.61 Å². The Labute approximate surface area is 149 Å². The summed E-state index contributed by atoms with van der Waals surface area (Å²) < 4.78 is 34.1. The molecule has 0 saturated carbocycles. The van der Waals surface area contributed by atoms with Crippen LogP contribution in [0.2, 0.25) is 0 Å². The molecular weight excluding hydrogens is 340 g/mol. The van der Waals surface area contributed by atoms with Crippen LogP contribution in [0, 0.1) is 0 Å². The van der Waals surface area contributed by atoms with Crippen LogP contribution in [0.3, 0.4) is 0 Å². The van der Waals surface area contributed by atoms with Crippen LogP contribution in [-0.4, -0.2) is 12.5 Å². The van der Waals surface area contributed by atoms with E-state index in [1.54, 1.807) is 18.4 Å². The molecule has 26 heavy (non-hydrogen) atoms. The SMILES string of the molecule is CCc1ccc2c(CC(=O)NCc3ccc(OC(F)F)cc3)coc2c1. The van der Waals surface area contributed by atoms with Gasteiger partial charge in [-0.2, -0.15) is 8.78 Å². The largest absolute Gasteiger partial charge is 0.464 e. The summed E-state index contributed by atoms with van der Waals surface area (Å²) in [5.74, 6) is -0.0495. The molecule has 1 heterocycles. The maximum absolute atomic E-state index is 12.2. The van der Waals surface area contributed by atoms with E-state index in [-0.39, 0.29) is 18.1 Å². The zero-order valence-corrected chi connectivity index (χ0v) is 14.3. The monoisotopic (exact) mass is 359 g/mol. The number of carbonyl (C=O) groups excluding carboxylic acids is 1. The van der Waals surface area contributed by atoms with Gasteiger partial charge in [-0.15, -0.1) is 0 Å². The number of ether oxygens (including phenoxy) is 1. The van der Waals surface area contributed by atoms with Crippen LogP contribution in [0.15, 0.2) is 53.1 Å². The molecule has 1 N–H and O–H groups in total. The molecule has 0 atom stereocenters. The van der Waals surface area contributed by atoms with Gasteiger partial charge in [0.05, 0.1) is 12.7 Å². The average Bonchev–Trinajstić information content (AvgIpc) is 3.02. The molecule has 0 unspecified atom stereocenters. The highest BCUT2D eigenvalue weighted by Crippen LogP contribution is 2.23. The summed E-state index contributed by atoms with van der Waals surface area (Å²) in [4.78, 5) is 12.2. The number of amides is 1. The van der Waals surface area contributed by atoms with E-state index in [0.29, 0.717) is 6.54 Å². The second-order valence-corrected chi connectivity index (χ2v) is 5.92. The van der Waals surface area contributed by atoms with Crippen molar-refractivity contribution in [3.05, 3.63) is 65.4 Å². The highest BCUT2D eigenvalue weighted by atomic mass is 19.3. The van der Waals surface area contributed by atoms with Gasteiger partial charge in [0.15, 0.2) is 0 Å². The molecule has 0 saturated heterocycles. The maximum atomic E-state index is 12.2. The number of benzene rings is 2. The molecule has 6 heteroatoms. The van der Waals surface area contributed by atoms with Gasteiger partial charge in [-0.1, -0.05) is 31.2 Å². The van der Waals surface area contributed by atoms with Crippen molar-refractivity contribution < 1.29 is 22.7 Å².